The van der Waals surface area contributed by atoms with Crippen molar-refractivity contribution in [3.63, 3.8) is 0 Å². The molecule has 0 atom stereocenters. The topological polar surface area (TPSA) is 83.5 Å². The number of benzene rings is 1. The molecular formula is C19H27NO4. The van der Waals surface area contributed by atoms with E-state index in [-0.39, 0.29) is 31.0 Å². The van der Waals surface area contributed by atoms with Crippen LogP contribution in [-0.4, -0.2) is 28.3 Å². The van der Waals surface area contributed by atoms with Crippen LogP contribution in [-0.2, 0) is 9.59 Å². The molecule has 0 radical (unpaired) electrons. The van der Waals surface area contributed by atoms with Gasteiger partial charge in [0.1, 0.15) is 0 Å². The number of carboxylic acids is 1. The fourth-order valence-electron chi connectivity index (χ4n) is 2.56. The van der Waals surface area contributed by atoms with Crippen molar-refractivity contribution in [3.05, 3.63) is 35.9 Å². The molecule has 0 fully saturated rings. The number of nitrogens with one attached hydrogen (secondary N) is 1. The number of ketones is 1. The quantitative estimate of drug-likeness (QED) is 0.678. The summed E-state index contributed by atoms with van der Waals surface area (Å²) < 4.78 is 0. The Morgan fingerprint density at radius 3 is 2.12 bits per heavy atom. The number of carbonyl (C=O) groups excluding carboxylic acids is 2. The fourth-order valence-corrected chi connectivity index (χ4v) is 2.56. The highest BCUT2D eigenvalue weighted by molar-refractivity contribution is 5.96. The zero-order valence-corrected chi connectivity index (χ0v) is 14.9. The Labute approximate surface area is 143 Å². The fraction of sp³-hybridized carbons (Fsp3) is 0.526. The lowest BCUT2D eigenvalue weighted by atomic mass is 9.82. The molecule has 0 saturated carbocycles. The number of carbonyl (C=O) groups is 3. The Bertz CT molecular complexity index is 591. The van der Waals surface area contributed by atoms with Crippen molar-refractivity contribution in [2.24, 2.45) is 5.41 Å². The molecule has 132 valence electrons. The van der Waals surface area contributed by atoms with E-state index >= 15 is 0 Å². The zero-order chi connectivity index (χ0) is 18.4. The summed E-state index contributed by atoms with van der Waals surface area (Å²) in [6.45, 7) is 7.38. The second-order valence-corrected chi connectivity index (χ2v) is 7.63. The minimum absolute atomic E-state index is 0.00314. The molecule has 5 heteroatoms. The second kappa shape index (κ2) is 8.08. The van der Waals surface area contributed by atoms with Crippen LogP contribution in [0.25, 0.3) is 0 Å². The lowest BCUT2D eigenvalue weighted by molar-refractivity contribution is -0.138. The molecule has 0 aromatic heterocycles. The van der Waals surface area contributed by atoms with Gasteiger partial charge in [0.05, 0.1) is 0 Å². The molecule has 0 unspecified atom stereocenters. The Balaban J connectivity index is 2.58. The first-order valence-corrected chi connectivity index (χ1v) is 8.12. The number of Topliss-reactive ketones (excluding diaryl/α,β-unsaturated/α-hetero) is 1. The first-order chi connectivity index (χ1) is 11.0. The van der Waals surface area contributed by atoms with Crippen molar-refractivity contribution in [1.82, 2.24) is 5.32 Å². The molecule has 5 nitrogen and oxygen atoms in total. The lowest BCUT2D eigenvalue weighted by Gasteiger charge is -2.29. The molecule has 24 heavy (non-hydrogen) atoms. The standard InChI is InChI=1S/C19H27NO4/c1-18(2,12-15(21)14-8-6-5-7-9-14)13-16(22)20-19(3,4)11-10-17(23)24/h5-9H,10-13H2,1-4H3,(H,20,22)(H,23,24). The normalized spacial score (nSPS) is 11.8. The number of carboxylic acid groups (broad SMARTS) is 1. The number of hydrogen-bond acceptors (Lipinski definition) is 3. The van der Waals surface area contributed by atoms with Crippen molar-refractivity contribution < 1.29 is 19.5 Å². The van der Waals surface area contributed by atoms with Crippen molar-refractivity contribution in [2.45, 2.75) is 58.9 Å². The molecular weight excluding hydrogens is 306 g/mol. The van der Waals surface area contributed by atoms with Gasteiger partial charge in [0.15, 0.2) is 5.78 Å². The maximum atomic E-state index is 12.3. The molecule has 0 heterocycles. The Morgan fingerprint density at radius 2 is 1.58 bits per heavy atom. The minimum Gasteiger partial charge on any atom is -0.481 e. The molecule has 0 aliphatic rings. The predicted octanol–water partition coefficient (Wildman–Crippen LogP) is 3.44. The average Bonchev–Trinajstić information content (AvgIpc) is 2.44. The van der Waals surface area contributed by atoms with Crippen LogP contribution >= 0.6 is 0 Å². The van der Waals surface area contributed by atoms with Gasteiger partial charge >= 0.3 is 5.97 Å². The van der Waals surface area contributed by atoms with Crippen LogP contribution in [0.4, 0.5) is 0 Å². The van der Waals surface area contributed by atoms with E-state index in [9.17, 15) is 14.4 Å². The third-order valence-electron chi connectivity index (χ3n) is 3.82. The van der Waals surface area contributed by atoms with Crippen molar-refractivity contribution >= 4 is 17.7 Å². The summed E-state index contributed by atoms with van der Waals surface area (Å²) in [6.07, 6.45) is 0.850. The van der Waals surface area contributed by atoms with Crippen LogP contribution in [0.2, 0.25) is 0 Å². The van der Waals surface area contributed by atoms with Gasteiger partial charge in [-0.2, -0.15) is 0 Å². The summed E-state index contributed by atoms with van der Waals surface area (Å²) in [4.78, 5) is 35.2. The molecule has 1 aromatic rings. The Hall–Kier alpha value is -2.17. The predicted molar refractivity (Wildman–Crippen MR) is 92.9 cm³/mol. The molecule has 0 aliphatic heterocycles. The van der Waals surface area contributed by atoms with Gasteiger partial charge in [-0.3, -0.25) is 14.4 Å². The maximum absolute atomic E-state index is 12.3. The smallest absolute Gasteiger partial charge is 0.303 e. The van der Waals surface area contributed by atoms with Crippen molar-refractivity contribution in [2.75, 3.05) is 0 Å². The first-order valence-electron chi connectivity index (χ1n) is 8.12. The van der Waals surface area contributed by atoms with Gasteiger partial charge in [-0.05, 0) is 25.7 Å². The van der Waals surface area contributed by atoms with E-state index in [1.54, 1.807) is 26.0 Å². The summed E-state index contributed by atoms with van der Waals surface area (Å²) >= 11 is 0. The van der Waals surface area contributed by atoms with Crippen molar-refractivity contribution in [3.8, 4) is 0 Å². The first kappa shape index (κ1) is 19.9. The van der Waals surface area contributed by atoms with E-state index in [4.69, 9.17) is 5.11 Å². The minimum atomic E-state index is -0.883. The number of hydrogen-bond donors (Lipinski definition) is 2. The van der Waals surface area contributed by atoms with E-state index in [0.29, 0.717) is 12.0 Å². The van der Waals surface area contributed by atoms with Gasteiger partial charge in [-0.15, -0.1) is 0 Å². The van der Waals surface area contributed by atoms with Crippen molar-refractivity contribution in [1.29, 1.82) is 0 Å². The average molecular weight is 333 g/mol. The number of amides is 1. The Kier molecular flexibility index (Phi) is 6.70. The summed E-state index contributed by atoms with van der Waals surface area (Å²) in [5.74, 6) is -1.04. The van der Waals surface area contributed by atoms with Gasteiger partial charge in [0.25, 0.3) is 0 Å². The van der Waals surface area contributed by atoms with E-state index < -0.39 is 16.9 Å². The van der Waals surface area contributed by atoms with Gasteiger partial charge in [-0.1, -0.05) is 44.2 Å². The Morgan fingerprint density at radius 1 is 1.00 bits per heavy atom. The largest absolute Gasteiger partial charge is 0.481 e. The van der Waals surface area contributed by atoms with Gasteiger partial charge in [0, 0.05) is 30.4 Å². The molecule has 0 spiro atoms. The highest BCUT2D eigenvalue weighted by Gasteiger charge is 2.28. The van der Waals surface area contributed by atoms with Crippen LogP contribution in [0.1, 0.15) is 63.7 Å². The third kappa shape index (κ3) is 7.40. The zero-order valence-electron chi connectivity index (χ0n) is 14.9. The van der Waals surface area contributed by atoms with Crippen LogP contribution in [0.5, 0.6) is 0 Å². The van der Waals surface area contributed by atoms with Crippen LogP contribution in [0.3, 0.4) is 0 Å². The van der Waals surface area contributed by atoms with Gasteiger partial charge in [-0.25, -0.2) is 0 Å². The highest BCUT2D eigenvalue weighted by Crippen LogP contribution is 2.27. The third-order valence-corrected chi connectivity index (χ3v) is 3.82. The van der Waals surface area contributed by atoms with Crippen LogP contribution in [0.15, 0.2) is 30.3 Å². The SMILES string of the molecule is CC(C)(CC(=O)NC(C)(C)CCC(=O)O)CC(=O)c1ccccc1. The van der Waals surface area contributed by atoms with Gasteiger partial charge < -0.3 is 10.4 Å². The monoisotopic (exact) mass is 333 g/mol. The van der Waals surface area contributed by atoms with Crippen LogP contribution in [0, 0.1) is 5.41 Å². The molecule has 0 bridgehead atoms. The summed E-state index contributed by atoms with van der Waals surface area (Å²) in [7, 11) is 0. The summed E-state index contributed by atoms with van der Waals surface area (Å²) in [5, 5.41) is 11.6. The summed E-state index contributed by atoms with van der Waals surface area (Å²) in [6, 6.07) is 9.03. The van der Waals surface area contributed by atoms with E-state index in [0.717, 1.165) is 0 Å². The maximum Gasteiger partial charge on any atom is 0.303 e. The molecule has 1 rings (SSSR count). The number of rotatable bonds is 9. The highest BCUT2D eigenvalue weighted by atomic mass is 16.4. The van der Waals surface area contributed by atoms with Crippen LogP contribution < -0.4 is 5.32 Å². The number of aliphatic carboxylic acids is 1. The molecule has 2 N–H and O–H groups in total. The molecule has 0 saturated heterocycles. The summed E-state index contributed by atoms with van der Waals surface area (Å²) in [5.41, 5.74) is -0.415. The molecule has 0 aliphatic carbocycles. The van der Waals surface area contributed by atoms with Gasteiger partial charge in [0.2, 0.25) is 5.91 Å². The lowest BCUT2D eigenvalue weighted by Crippen LogP contribution is -2.45. The van der Waals surface area contributed by atoms with E-state index in [2.05, 4.69) is 5.32 Å². The molecule has 1 amide bonds. The van der Waals surface area contributed by atoms with E-state index in [1.165, 1.54) is 0 Å². The molecule has 1 aromatic carbocycles. The second-order valence-electron chi connectivity index (χ2n) is 7.63. The van der Waals surface area contributed by atoms with E-state index in [1.807, 2.05) is 32.0 Å².